The molecule has 7 atom stereocenters. The molecule has 2 amide bonds. The molecule has 0 aliphatic carbocycles. The van der Waals surface area contributed by atoms with Crippen molar-refractivity contribution in [3.05, 3.63) is 76.8 Å². The van der Waals surface area contributed by atoms with Gasteiger partial charge in [-0.15, -0.1) is 0 Å². The van der Waals surface area contributed by atoms with E-state index in [1.165, 1.54) is 20.1 Å². The van der Waals surface area contributed by atoms with Gasteiger partial charge in [0, 0.05) is 18.8 Å². The van der Waals surface area contributed by atoms with Crippen molar-refractivity contribution in [2.45, 2.75) is 83.5 Å². The third kappa shape index (κ3) is 9.31. The van der Waals surface area contributed by atoms with Crippen LogP contribution in [0.5, 0.6) is 5.75 Å². The maximum atomic E-state index is 13.5. The zero-order valence-corrected chi connectivity index (χ0v) is 26.9. The smallest absolute Gasteiger partial charge is 0.347 e. The van der Waals surface area contributed by atoms with Crippen LogP contribution in [0.15, 0.2) is 60.7 Å². The van der Waals surface area contributed by atoms with Crippen molar-refractivity contribution in [2.24, 2.45) is 11.8 Å². The predicted molar refractivity (Wildman–Crippen MR) is 167 cm³/mol. The lowest BCUT2D eigenvalue weighted by molar-refractivity contribution is -0.175. The van der Waals surface area contributed by atoms with Gasteiger partial charge < -0.3 is 29.6 Å². The van der Waals surface area contributed by atoms with Gasteiger partial charge in [-0.1, -0.05) is 74.8 Å². The summed E-state index contributed by atoms with van der Waals surface area (Å²) < 4.78 is 22.8. The number of epoxide rings is 1. The fourth-order valence-corrected chi connectivity index (χ4v) is 5.57. The Bertz CT molecular complexity index is 1400. The topological polar surface area (TPSA) is 133 Å². The van der Waals surface area contributed by atoms with E-state index in [0.29, 0.717) is 16.3 Å². The highest BCUT2D eigenvalue weighted by Crippen LogP contribution is 2.45. The summed E-state index contributed by atoms with van der Waals surface area (Å²) >= 11 is 6.29. The molecular weight excluding hydrogens is 600 g/mol. The lowest BCUT2D eigenvalue weighted by atomic mass is 9.93. The Morgan fingerprint density at radius 1 is 0.978 bits per heavy atom. The van der Waals surface area contributed by atoms with Crippen molar-refractivity contribution in [3.63, 3.8) is 0 Å². The van der Waals surface area contributed by atoms with Gasteiger partial charge in [0.2, 0.25) is 11.8 Å². The molecule has 242 valence electrons. The maximum absolute atomic E-state index is 13.5. The molecule has 2 heterocycles. The summed E-state index contributed by atoms with van der Waals surface area (Å²) in [6, 6.07) is 12.7. The normalized spacial score (nSPS) is 27.6. The Hall–Kier alpha value is -3.89. The third-order valence-corrected chi connectivity index (χ3v) is 8.17. The van der Waals surface area contributed by atoms with Crippen LogP contribution in [0, 0.1) is 11.8 Å². The van der Waals surface area contributed by atoms with E-state index in [4.69, 9.17) is 30.5 Å². The van der Waals surface area contributed by atoms with Crippen LogP contribution in [0.3, 0.4) is 0 Å². The fourth-order valence-electron chi connectivity index (χ4n) is 5.29. The van der Waals surface area contributed by atoms with Crippen molar-refractivity contribution >= 4 is 35.4 Å². The number of hydrogen-bond donors (Lipinski definition) is 2. The van der Waals surface area contributed by atoms with Crippen molar-refractivity contribution < 1.29 is 38.1 Å². The van der Waals surface area contributed by atoms with Gasteiger partial charge in [-0.05, 0) is 48.6 Å². The van der Waals surface area contributed by atoms with Gasteiger partial charge >= 0.3 is 11.9 Å². The SMILES string of the molecule is COc1ccc(C[C@H]2NC(=O)/C=C/C[C@@H]([C@H](C)[C@H]3O[C@@H]3c3ccccc3)OC(=O)[C@H](CC(C)C)OC(=O)[C@H](C)NC2=O)cc1Cl. The van der Waals surface area contributed by atoms with Crippen LogP contribution in [0.25, 0.3) is 0 Å². The number of cyclic esters (lactones) is 2. The molecule has 2 aromatic rings. The second kappa shape index (κ2) is 15.4. The van der Waals surface area contributed by atoms with Crippen LogP contribution >= 0.6 is 11.6 Å². The van der Waals surface area contributed by atoms with Gasteiger partial charge in [-0.25, -0.2) is 9.59 Å². The number of carbonyl (C=O) groups excluding carboxylic acids is 4. The minimum atomic E-state index is -1.18. The highest BCUT2D eigenvalue weighted by atomic mass is 35.5. The standard InChI is InChI=1S/C34H41ClN2O8/c1-19(2)16-28-34(41)43-26(20(3)30-31(45-30)23-10-7-6-8-11-23)12-9-13-29(38)37-25(32(39)36-21(4)33(40)44-28)18-22-14-15-27(42-5)24(35)17-22/h6-11,13-15,17,19-21,25-26,28,30-31H,12,16,18H2,1-5H3,(H,36,39)(H,37,38)/b13-9+/t20-,21-,25+,26-,28-,30+,31+/m0/s1. The van der Waals surface area contributed by atoms with E-state index < -0.39 is 48.0 Å². The Morgan fingerprint density at radius 2 is 1.71 bits per heavy atom. The molecule has 45 heavy (non-hydrogen) atoms. The molecule has 1 saturated heterocycles. The zero-order valence-electron chi connectivity index (χ0n) is 26.2. The molecule has 0 unspecified atom stereocenters. The minimum Gasteiger partial charge on any atom is -0.495 e. The molecule has 10 nitrogen and oxygen atoms in total. The number of hydrogen-bond acceptors (Lipinski definition) is 8. The van der Waals surface area contributed by atoms with Gasteiger partial charge in [-0.2, -0.15) is 0 Å². The molecule has 1 fully saturated rings. The van der Waals surface area contributed by atoms with Crippen LogP contribution in [0.2, 0.25) is 5.02 Å². The molecule has 0 aromatic heterocycles. The lowest BCUT2D eigenvalue weighted by Crippen LogP contribution is -2.52. The summed E-state index contributed by atoms with van der Waals surface area (Å²) in [6.45, 7) is 7.19. The quantitative estimate of drug-likeness (QED) is 0.319. The Morgan fingerprint density at radius 3 is 2.38 bits per heavy atom. The number of carbonyl (C=O) groups is 4. The predicted octanol–water partition coefficient (Wildman–Crippen LogP) is 4.49. The number of rotatable bonds is 8. The minimum absolute atomic E-state index is 0.00912. The first kappa shape index (κ1) is 34.0. The van der Waals surface area contributed by atoms with E-state index >= 15 is 0 Å². The van der Waals surface area contributed by atoms with E-state index in [1.54, 1.807) is 24.3 Å². The first-order valence-corrected chi connectivity index (χ1v) is 15.6. The molecule has 0 spiro atoms. The fraction of sp³-hybridized carbons (Fsp3) is 0.471. The highest BCUT2D eigenvalue weighted by molar-refractivity contribution is 6.32. The number of halogens is 1. The van der Waals surface area contributed by atoms with Crippen molar-refractivity contribution in [1.82, 2.24) is 10.6 Å². The second-order valence-electron chi connectivity index (χ2n) is 11.9. The van der Waals surface area contributed by atoms with E-state index in [-0.39, 0.29) is 43.3 Å². The summed E-state index contributed by atoms with van der Waals surface area (Å²) in [5.41, 5.74) is 1.69. The molecule has 4 rings (SSSR count). The third-order valence-electron chi connectivity index (χ3n) is 7.87. The molecule has 0 radical (unpaired) electrons. The number of methoxy groups -OCH3 is 1. The second-order valence-corrected chi connectivity index (χ2v) is 12.3. The number of amides is 2. The summed E-state index contributed by atoms with van der Waals surface area (Å²) in [7, 11) is 1.50. The van der Waals surface area contributed by atoms with Crippen molar-refractivity contribution in [2.75, 3.05) is 7.11 Å². The first-order valence-electron chi connectivity index (χ1n) is 15.2. The first-order chi connectivity index (χ1) is 21.5. The Labute approximate surface area is 268 Å². The van der Waals surface area contributed by atoms with Gasteiger partial charge in [0.1, 0.15) is 30.0 Å². The van der Waals surface area contributed by atoms with E-state index in [9.17, 15) is 19.2 Å². The summed E-state index contributed by atoms with van der Waals surface area (Å²) in [4.78, 5) is 52.9. The van der Waals surface area contributed by atoms with Crippen LogP contribution in [-0.2, 0) is 39.8 Å². The lowest BCUT2D eigenvalue weighted by Gasteiger charge is -2.26. The van der Waals surface area contributed by atoms with E-state index in [1.807, 2.05) is 51.1 Å². The largest absolute Gasteiger partial charge is 0.495 e. The average molecular weight is 641 g/mol. The highest BCUT2D eigenvalue weighted by Gasteiger charge is 2.47. The van der Waals surface area contributed by atoms with Crippen LogP contribution < -0.4 is 15.4 Å². The number of benzene rings is 2. The van der Waals surface area contributed by atoms with E-state index in [2.05, 4.69) is 10.6 Å². The average Bonchev–Trinajstić information content (AvgIpc) is 3.80. The molecule has 11 heteroatoms. The van der Waals surface area contributed by atoms with Gasteiger partial charge in [0.05, 0.1) is 18.2 Å². The zero-order chi connectivity index (χ0) is 32.7. The monoisotopic (exact) mass is 640 g/mol. The molecule has 2 aliphatic rings. The summed E-state index contributed by atoms with van der Waals surface area (Å²) in [5.74, 6) is -2.38. The molecule has 2 aromatic carbocycles. The van der Waals surface area contributed by atoms with Gasteiger partial charge in [0.15, 0.2) is 6.10 Å². The number of esters is 2. The van der Waals surface area contributed by atoms with Gasteiger partial charge in [0.25, 0.3) is 0 Å². The molecule has 2 aliphatic heterocycles. The Balaban J connectivity index is 1.59. The molecule has 2 N–H and O–H groups in total. The van der Waals surface area contributed by atoms with Gasteiger partial charge in [-0.3, -0.25) is 9.59 Å². The molecule has 0 saturated carbocycles. The summed E-state index contributed by atoms with van der Waals surface area (Å²) in [6.07, 6.45) is 1.24. The molecule has 0 bridgehead atoms. The van der Waals surface area contributed by atoms with Crippen LogP contribution in [0.1, 0.15) is 57.8 Å². The number of nitrogens with one attached hydrogen (secondary N) is 2. The van der Waals surface area contributed by atoms with E-state index in [0.717, 1.165) is 5.56 Å². The Kier molecular flexibility index (Phi) is 11.6. The van der Waals surface area contributed by atoms with Crippen molar-refractivity contribution in [3.8, 4) is 5.75 Å². The molecular formula is C34H41ClN2O8. The van der Waals surface area contributed by atoms with Crippen LogP contribution in [-0.4, -0.2) is 61.3 Å². The summed E-state index contributed by atoms with van der Waals surface area (Å²) in [5, 5.41) is 5.68. The van der Waals surface area contributed by atoms with Crippen LogP contribution in [0.4, 0.5) is 0 Å². The number of ether oxygens (including phenoxy) is 4. The maximum Gasteiger partial charge on any atom is 0.347 e. The van der Waals surface area contributed by atoms with Crippen molar-refractivity contribution in [1.29, 1.82) is 0 Å².